The zero-order valence-electron chi connectivity index (χ0n) is 12.9. The topological polar surface area (TPSA) is 110 Å². The van der Waals surface area contributed by atoms with E-state index in [-0.39, 0.29) is 10.6 Å². The molecule has 2 aromatic rings. The van der Waals surface area contributed by atoms with Crippen molar-refractivity contribution in [2.75, 3.05) is 4.90 Å². The van der Waals surface area contributed by atoms with E-state index in [1.807, 2.05) is 13.0 Å². The number of benzene rings is 1. The normalized spacial score (nSPS) is 16.3. The monoisotopic (exact) mass is 357 g/mol. The molecule has 1 aliphatic rings. The fraction of sp³-hybridized carbons (Fsp3) is 0.0625. The minimum absolute atomic E-state index is 0.109. The van der Waals surface area contributed by atoms with Crippen LogP contribution in [0.25, 0.3) is 6.08 Å². The molecule has 126 valence electrons. The number of nitrogens with zero attached hydrogens (tertiary/aromatic N) is 2. The van der Waals surface area contributed by atoms with E-state index in [2.05, 4.69) is 5.32 Å². The zero-order valence-corrected chi connectivity index (χ0v) is 13.7. The van der Waals surface area contributed by atoms with E-state index in [1.54, 1.807) is 18.2 Å². The van der Waals surface area contributed by atoms with Gasteiger partial charge in [0.15, 0.2) is 0 Å². The average Bonchev–Trinajstić information content (AvgIpc) is 3.00. The molecule has 4 amide bonds. The van der Waals surface area contributed by atoms with Crippen molar-refractivity contribution in [2.24, 2.45) is 0 Å². The van der Waals surface area contributed by atoms with Crippen molar-refractivity contribution in [3.63, 3.8) is 0 Å². The number of anilines is 1. The minimum Gasteiger partial charge on any atom is -0.273 e. The van der Waals surface area contributed by atoms with Crippen molar-refractivity contribution in [1.82, 2.24) is 5.32 Å². The van der Waals surface area contributed by atoms with E-state index in [4.69, 9.17) is 0 Å². The Labute approximate surface area is 145 Å². The smallest absolute Gasteiger partial charge is 0.273 e. The summed E-state index contributed by atoms with van der Waals surface area (Å²) in [4.78, 5) is 48.2. The van der Waals surface area contributed by atoms with Gasteiger partial charge in [0.2, 0.25) is 0 Å². The fourth-order valence-electron chi connectivity index (χ4n) is 2.32. The molecule has 8 nitrogen and oxygen atoms in total. The maximum absolute atomic E-state index is 12.6. The van der Waals surface area contributed by atoms with Gasteiger partial charge in [-0.25, -0.2) is 9.69 Å². The quantitative estimate of drug-likeness (QED) is 0.393. The van der Waals surface area contributed by atoms with E-state index >= 15 is 0 Å². The van der Waals surface area contributed by atoms with Gasteiger partial charge in [-0.15, -0.1) is 0 Å². The Morgan fingerprint density at radius 3 is 2.60 bits per heavy atom. The first kappa shape index (κ1) is 16.5. The molecule has 1 fully saturated rings. The SMILES string of the molecule is Cc1cccc(N2C(=O)NC(=O)/C(=C/c3ccc([N+](=O)[O-])s3)C2=O)c1. The lowest BCUT2D eigenvalue weighted by molar-refractivity contribution is -0.380. The van der Waals surface area contributed by atoms with Crippen LogP contribution < -0.4 is 10.2 Å². The summed E-state index contributed by atoms with van der Waals surface area (Å²) in [7, 11) is 0. The van der Waals surface area contributed by atoms with E-state index in [0.717, 1.165) is 21.8 Å². The van der Waals surface area contributed by atoms with Crippen LogP contribution in [0.2, 0.25) is 0 Å². The predicted octanol–water partition coefficient (Wildman–Crippen LogP) is 2.63. The summed E-state index contributed by atoms with van der Waals surface area (Å²) in [5.74, 6) is -1.62. The van der Waals surface area contributed by atoms with Gasteiger partial charge in [-0.1, -0.05) is 23.5 Å². The highest BCUT2D eigenvalue weighted by Gasteiger charge is 2.37. The van der Waals surface area contributed by atoms with Crippen LogP contribution in [-0.4, -0.2) is 22.8 Å². The highest BCUT2D eigenvalue weighted by atomic mass is 32.1. The highest BCUT2D eigenvalue weighted by Crippen LogP contribution is 2.28. The van der Waals surface area contributed by atoms with Crippen LogP contribution in [0.5, 0.6) is 0 Å². The van der Waals surface area contributed by atoms with Crippen molar-refractivity contribution in [3.8, 4) is 0 Å². The molecule has 2 heterocycles. The van der Waals surface area contributed by atoms with E-state index in [1.165, 1.54) is 18.2 Å². The van der Waals surface area contributed by atoms with Gasteiger partial charge >= 0.3 is 11.0 Å². The number of rotatable bonds is 3. The molecule has 9 heteroatoms. The average molecular weight is 357 g/mol. The van der Waals surface area contributed by atoms with E-state index < -0.39 is 22.8 Å². The van der Waals surface area contributed by atoms with Crippen molar-refractivity contribution >= 4 is 45.9 Å². The third-order valence-electron chi connectivity index (χ3n) is 3.44. The number of imide groups is 2. The maximum Gasteiger partial charge on any atom is 0.335 e. The van der Waals surface area contributed by atoms with E-state index in [0.29, 0.717) is 10.6 Å². The third kappa shape index (κ3) is 3.17. The summed E-state index contributed by atoms with van der Waals surface area (Å²) < 4.78 is 0. The molecule has 0 bridgehead atoms. The molecule has 0 saturated carbocycles. The Morgan fingerprint density at radius 1 is 1.20 bits per heavy atom. The lowest BCUT2D eigenvalue weighted by atomic mass is 10.1. The molecule has 1 N–H and O–H groups in total. The summed E-state index contributed by atoms with van der Waals surface area (Å²) in [6.07, 6.45) is 1.24. The lowest BCUT2D eigenvalue weighted by Gasteiger charge is -2.26. The van der Waals surface area contributed by atoms with Crippen molar-refractivity contribution in [3.05, 3.63) is 62.5 Å². The van der Waals surface area contributed by atoms with Crippen LogP contribution in [-0.2, 0) is 9.59 Å². The van der Waals surface area contributed by atoms with Crippen molar-refractivity contribution < 1.29 is 19.3 Å². The molecule has 1 aliphatic heterocycles. The van der Waals surface area contributed by atoms with E-state index in [9.17, 15) is 24.5 Å². The summed E-state index contributed by atoms with van der Waals surface area (Å²) in [5, 5.41) is 12.7. The Morgan fingerprint density at radius 2 is 1.96 bits per heavy atom. The first-order valence-corrected chi connectivity index (χ1v) is 7.91. The van der Waals surface area contributed by atoms with Gasteiger partial charge in [0.05, 0.1) is 10.6 Å². The molecule has 1 aromatic carbocycles. The standard InChI is InChI=1S/C16H11N3O5S/c1-9-3-2-4-10(7-9)18-15(21)12(14(20)17-16(18)22)8-11-5-6-13(25-11)19(23)24/h2-8H,1H3,(H,17,20,22)/b12-8-. The molecular formula is C16H11N3O5S. The second-order valence-corrected chi connectivity index (χ2v) is 6.32. The molecule has 1 saturated heterocycles. The summed E-state index contributed by atoms with van der Waals surface area (Å²) in [6.45, 7) is 1.81. The van der Waals surface area contributed by atoms with Crippen LogP contribution in [0, 0.1) is 17.0 Å². The molecule has 0 atom stereocenters. The van der Waals surface area contributed by atoms with Gasteiger partial charge < -0.3 is 0 Å². The lowest BCUT2D eigenvalue weighted by Crippen LogP contribution is -2.54. The Kier molecular flexibility index (Phi) is 4.15. The van der Waals surface area contributed by atoms with Gasteiger partial charge in [0, 0.05) is 10.9 Å². The van der Waals surface area contributed by atoms with Gasteiger partial charge in [-0.2, -0.15) is 0 Å². The highest BCUT2D eigenvalue weighted by molar-refractivity contribution is 7.16. The molecule has 0 aliphatic carbocycles. The molecule has 0 radical (unpaired) electrons. The van der Waals surface area contributed by atoms with Crippen LogP contribution in [0.1, 0.15) is 10.4 Å². The van der Waals surface area contributed by atoms with Gasteiger partial charge in [-0.3, -0.25) is 25.0 Å². The first-order valence-electron chi connectivity index (χ1n) is 7.09. The largest absolute Gasteiger partial charge is 0.335 e. The Balaban J connectivity index is 2.00. The predicted molar refractivity (Wildman–Crippen MR) is 91.2 cm³/mol. The number of thiophene rings is 1. The van der Waals surface area contributed by atoms with Crippen LogP contribution in [0.4, 0.5) is 15.5 Å². The summed E-state index contributed by atoms with van der Waals surface area (Å²) in [6, 6.07) is 8.59. The van der Waals surface area contributed by atoms with Crippen LogP contribution in [0.3, 0.4) is 0 Å². The van der Waals surface area contributed by atoms with Gasteiger partial charge in [0.1, 0.15) is 5.57 Å². The molecule has 0 unspecified atom stereocenters. The number of carbonyl (C=O) groups excluding carboxylic acids is 3. The number of urea groups is 1. The zero-order chi connectivity index (χ0) is 18.1. The van der Waals surface area contributed by atoms with Gasteiger partial charge in [0.25, 0.3) is 11.8 Å². The van der Waals surface area contributed by atoms with Crippen LogP contribution in [0.15, 0.2) is 42.0 Å². The van der Waals surface area contributed by atoms with Crippen molar-refractivity contribution in [1.29, 1.82) is 0 Å². The molecule has 0 spiro atoms. The first-order chi connectivity index (χ1) is 11.9. The summed E-state index contributed by atoms with van der Waals surface area (Å²) >= 11 is 0.828. The molecule has 3 rings (SSSR count). The number of barbiturate groups is 1. The maximum atomic E-state index is 12.6. The number of carbonyl (C=O) groups is 3. The van der Waals surface area contributed by atoms with Crippen LogP contribution >= 0.6 is 11.3 Å². The second kappa shape index (κ2) is 6.29. The number of hydrogen-bond acceptors (Lipinski definition) is 6. The summed E-state index contributed by atoms with van der Waals surface area (Å²) in [5.41, 5.74) is 0.908. The number of nitrogens with one attached hydrogen (secondary N) is 1. The number of amides is 4. The molecular weight excluding hydrogens is 346 g/mol. The second-order valence-electron chi connectivity index (χ2n) is 5.23. The fourth-order valence-corrected chi connectivity index (χ4v) is 3.08. The number of aryl methyl sites for hydroxylation is 1. The Hall–Kier alpha value is -3.33. The van der Waals surface area contributed by atoms with Crippen molar-refractivity contribution in [2.45, 2.75) is 6.92 Å². The molecule has 1 aromatic heterocycles. The number of hydrogen-bond donors (Lipinski definition) is 1. The Bertz CT molecular complexity index is 947. The van der Waals surface area contributed by atoms with Gasteiger partial charge in [-0.05, 0) is 36.8 Å². The number of nitro groups is 1. The minimum atomic E-state index is -0.838. The molecule has 25 heavy (non-hydrogen) atoms. The third-order valence-corrected chi connectivity index (χ3v) is 4.42.